The predicted octanol–water partition coefficient (Wildman–Crippen LogP) is 17.1. The molecule has 6 heteroatoms. The zero-order valence-corrected chi connectivity index (χ0v) is 41.3. The lowest BCUT2D eigenvalue weighted by molar-refractivity contribution is -0.167. The van der Waals surface area contributed by atoms with Crippen molar-refractivity contribution in [3.05, 3.63) is 109 Å². The van der Waals surface area contributed by atoms with E-state index in [0.717, 1.165) is 109 Å². The Labute approximate surface area is 393 Å². The summed E-state index contributed by atoms with van der Waals surface area (Å²) < 4.78 is 16.8. The third-order valence-electron chi connectivity index (χ3n) is 10.7. The Balaban J connectivity index is 4.49. The Morgan fingerprint density at radius 2 is 0.656 bits per heavy atom. The molecule has 1 unspecified atom stereocenters. The molecular weight excluding hydrogens is 793 g/mol. The molecular formula is C58H94O6. The second kappa shape index (κ2) is 51.7. The fourth-order valence-corrected chi connectivity index (χ4v) is 6.76. The third-order valence-corrected chi connectivity index (χ3v) is 10.7. The van der Waals surface area contributed by atoms with E-state index >= 15 is 0 Å². The van der Waals surface area contributed by atoms with Gasteiger partial charge in [0.15, 0.2) is 6.10 Å². The SMILES string of the molecule is CC/C=C/C=C/C=C/CCCCCCCC(=O)OCC(COC(=O)CCCCCCC/C=C/C=C/C=C/C=C/C=C/CCC)OC(=O)CCCCCCCCC/C=C/CCCCCC. The molecule has 0 aliphatic rings. The van der Waals surface area contributed by atoms with E-state index in [4.69, 9.17) is 14.2 Å². The van der Waals surface area contributed by atoms with Gasteiger partial charge in [0.1, 0.15) is 13.2 Å². The normalized spacial score (nSPS) is 13.0. The first-order chi connectivity index (χ1) is 31.5. The molecule has 0 aromatic rings. The number of carbonyl (C=O) groups is 3. The molecule has 0 heterocycles. The fraction of sp³-hybridized carbons (Fsp3) is 0.638. The number of rotatable bonds is 45. The molecule has 0 radical (unpaired) electrons. The topological polar surface area (TPSA) is 78.9 Å². The Hall–Kier alpha value is -3.93. The van der Waals surface area contributed by atoms with Crippen LogP contribution in [0.25, 0.3) is 0 Å². The largest absolute Gasteiger partial charge is 0.462 e. The minimum absolute atomic E-state index is 0.101. The molecule has 6 nitrogen and oxygen atoms in total. The molecule has 0 saturated carbocycles. The summed E-state index contributed by atoms with van der Waals surface area (Å²) in [5.74, 6) is -0.954. The van der Waals surface area contributed by atoms with Crippen LogP contribution in [0.15, 0.2) is 109 Å². The highest BCUT2D eigenvalue weighted by Crippen LogP contribution is 2.14. The average Bonchev–Trinajstić information content (AvgIpc) is 3.29. The van der Waals surface area contributed by atoms with Crippen molar-refractivity contribution in [2.24, 2.45) is 0 Å². The van der Waals surface area contributed by atoms with Crippen LogP contribution in [0.4, 0.5) is 0 Å². The Morgan fingerprint density at radius 3 is 1.06 bits per heavy atom. The summed E-state index contributed by atoms with van der Waals surface area (Å²) >= 11 is 0. The highest BCUT2D eigenvalue weighted by atomic mass is 16.6. The van der Waals surface area contributed by atoms with Gasteiger partial charge in [-0.1, -0.05) is 226 Å². The molecule has 0 fully saturated rings. The molecule has 64 heavy (non-hydrogen) atoms. The summed E-state index contributed by atoms with van der Waals surface area (Å²) in [6.07, 6.45) is 69.2. The number of hydrogen-bond donors (Lipinski definition) is 0. The van der Waals surface area contributed by atoms with E-state index in [1.807, 2.05) is 24.3 Å². The van der Waals surface area contributed by atoms with Crippen LogP contribution >= 0.6 is 0 Å². The van der Waals surface area contributed by atoms with E-state index in [2.05, 4.69) is 106 Å². The highest BCUT2D eigenvalue weighted by Gasteiger charge is 2.19. The zero-order valence-electron chi connectivity index (χ0n) is 41.3. The quantitative estimate of drug-likeness (QED) is 0.0199. The van der Waals surface area contributed by atoms with E-state index in [-0.39, 0.29) is 31.1 Å². The van der Waals surface area contributed by atoms with Gasteiger partial charge in [-0.15, -0.1) is 0 Å². The molecule has 0 aliphatic heterocycles. The van der Waals surface area contributed by atoms with Crippen LogP contribution < -0.4 is 0 Å². The summed E-state index contributed by atoms with van der Waals surface area (Å²) in [6, 6.07) is 0. The maximum absolute atomic E-state index is 12.8. The van der Waals surface area contributed by atoms with E-state index in [0.29, 0.717) is 19.3 Å². The van der Waals surface area contributed by atoms with Gasteiger partial charge < -0.3 is 14.2 Å². The van der Waals surface area contributed by atoms with Gasteiger partial charge in [0.25, 0.3) is 0 Å². The molecule has 0 saturated heterocycles. The number of esters is 3. The van der Waals surface area contributed by atoms with Gasteiger partial charge in [-0.2, -0.15) is 0 Å². The summed E-state index contributed by atoms with van der Waals surface area (Å²) in [5.41, 5.74) is 0. The Kier molecular flexibility index (Phi) is 48.5. The van der Waals surface area contributed by atoms with Crippen molar-refractivity contribution in [1.82, 2.24) is 0 Å². The molecule has 0 N–H and O–H groups in total. The van der Waals surface area contributed by atoms with Gasteiger partial charge in [0.05, 0.1) is 0 Å². The van der Waals surface area contributed by atoms with Gasteiger partial charge >= 0.3 is 17.9 Å². The van der Waals surface area contributed by atoms with Gasteiger partial charge in [-0.25, -0.2) is 0 Å². The number of allylic oxidation sites excluding steroid dienone is 18. The molecule has 0 rings (SSSR count). The smallest absolute Gasteiger partial charge is 0.306 e. The minimum atomic E-state index is -0.801. The van der Waals surface area contributed by atoms with Crippen LogP contribution in [0.3, 0.4) is 0 Å². The van der Waals surface area contributed by atoms with E-state index in [1.54, 1.807) is 0 Å². The molecule has 0 aromatic carbocycles. The van der Waals surface area contributed by atoms with Crippen molar-refractivity contribution < 1.29 is 28.6 Å². The first kappa shape index (κ1) is 60.1. The van der Waals surface area contributed by atoms with E-state index in [9.17, 15) is 14.4 Å². The van der Waals surface area contributed by atoms with Crippen molar-refractivity contribution in [3.8, 4) is 0 Å². The number of unbranched alkanes of at least 4 members (excludes halogenated alkanes) is 22. The van der Waals surface area contributed by atoms with Crippen LogP contribution in [0, 0.1) is 0 Å². The summed E-state index contributed by atoms with van der Waals surface area (Å²) in [6.45, 7) is 6.35. The van der Waals surface area contributed by atoms with Crippen molar-refractivity contribution in [2.75, 3.05) is 13.2 Å². The van der Waals surface area contributed by atoms with Crippen LogP contribution in [-0.2, 0) is 28.6 Å². The minimum Gasteiger partial charge on any atom is -0.462 e. The maximum Gasteiger partial charge on any atom is 0.306 e. The molecule has 0 amide bonds. The molecule has 0 bridgehead atoms. The first-order valence-electron chi connectivity index (χ1n) is 26.0. The Bertz CT molecular complexity index is 1340. The lowest BCUT2D eigenvalue weighted by atomic mass is 10.1. The van der Waals surface area contributed by atoms with Crippen molar-refractivity contribution >= 4 is 17.9 Å². The van der Waals surface area contributed by atoms with E-state index in [1.165, 1.54) is 70.6 Å². The van der Waals surface area contributed by atoms with Crippen molar-refractivity contribution in [1.29, 1.82) is 0 Å². The molecule has 0 aliphatic carbocycles. The van der Waals surface area contributed by atoms with Gasteiger partial charge in [-0.3, -0.25) is 14.4 Å². The fourth-order valence-electron chi connectivity index (χ4n) is 6.76. The van der Waals surface area contributed by atoms with Crippen LogP contribution in [0.2, 0.25) is 0 Å². The highest BCUT2D eigenvalue weighted by molar-refractivity contribution is 5.71. The van der Waals surface area contributed by atoms with Gasteiger partial charge in [0, 0.05) is 19.3 Å². The van der Waals surface area contributed by atoms with Crippen molar-refractivity contribution in [3.63, 3.8) is 0 Å². The average molecular weight is 887 g/mol. The first-order valence-corrected chi connectivity index (χ1v) is 26.0. The number of carbonyl (C=O) groups excluding carboxylic acids is 3. The second-order valence-corrected chi connectivity index (χ2v) is 16.9. The summed E-state index contributed by atoms with van der Waals surface area (Å²) in [5, 5.41) is 0. The number of ether oxygens (including phenoxy) is 3. The third kappa shape index (κ3) is 49.1. The standard InChI is InChI=1S/C58H94O6/c1-4-7-10-13-16-19-22-25-27-28-29-31-33-36-39-42-45-48-51-57(60)63-54-55(53-62-56(59)50-47-44-41-38-35-32-24-21-18-15-12-9-6-3)64-58(61)52-49-46-43-40-37-34-30-26-23-20-17-14-11-8-5-2/h9-10,12-13,15-16,18-25,27-29,31,55H,4-8,11,14,17,26,30,32-54H2,1-3H3/b12-9+,13-10+,18-15+,19-16+,23-20+,24-21+,25-22+,28-27+,31-29+. The van der Waals surface area contributed by atoms with E-state index < -0.39 is 6.10 Å². The zero-order chi connectivity index (χ0) is 46.5. The predicted molar refractivity (Wildman–Crippen MR) is 274 cm³/mol. The van der Waals surface area contributed by atoms with Crippen LogP contribution in [0.5, 0.6) is 0 Å². The summed E-state index contributed by atoms with van der Waals surface area (Å²) in [4.78, 5) is 38.0. The van der Waals surface area contributed by atoms with Gasteiger partial charge in [-0.05, 0) is 83.5 Å². The lowest BCUT2D eigenvalue weighted by Gasteiger charge is -2.18. The molecule has 1 atom stereocenters. The monoisotopic (exact) mass is 887 g/mol. The lowest BCUT2D eigenvalue weighted by Crippen LogP contribution is -2.30. The molecule has 0 aromatic heterocycles. The second-order valence-electron chi connectivity index (χ2n) is 16.9. The number of hydrogen-bond acceptors (Lipinski definition) is 6. The van der Waals surface area contributed by atoms with Crippen LogP contribution in [-0.4, -0.2) is 37.2 Å². The molecule has 362 valence electrons. The van der Waals surface area contributed by atoms with Crippen molar-refractivity contribution in [2.45, 2.75) is 226 Å². The van der Waals surface area contributed by atoms with Gasteiger partial charge in [0.2, 0.25) is 0 Å². The summed E-state index contributed by atoms with van der Waals surface area (Å²) in [7, 11) is 0. The molecule has 0 spiro atoms. The Morgan fingerprint density at radius 1 is 0.328 bits per heavy atom. The van der Waals surface area contributed by atoms with Crippen LogP contribution in [0.1, 0.15) is 220 Å². The maximum atomic E-state index is 12.8.